The van der Waals surface area contributed by atoms with Crippen LogP contribution in [-0.2, 0) is 32.2 Å². The van der Waals surface area contributed by atoms with Crippen molar-refractivity contribution in [2.75, 3.05) is 80.0 Å². The quantitative estimate of drug-likeness (QED) is 0.0392. The summed E-state index contributed by atoms with van der Waals surface area (Å²) in [6.45, 7) is 5.75. The van der Waals surface area contributed by atoms with Gasteiger partial charge in [-0.05, 0) is 126 Å². The topological polar surface area (TPSA) is 198 Å². The Bertz CT molecular complexity index is 3020. The summed E-state index contributed by atoms with van der Waals surface area (Å²) in [4.78, 5) is 66.0. The number of nitrogens with zero attached hydrogens (tertiary/aromatic N) is 4. The van der Waals surface area contributed by atoms with Gasteiger partial charge < -0.3 is 62.5 Å². The summed E-state index contributed by atoms with van der Waals surface area (Å²) in [7, 11) is 5.44. The zero-order valence-corrected chi connectivity index (χ0v) is 47.6. The van der Waals surface area contributed by atoms with E-state index in [1.165, 1.54) is 14.2 Å². The number of ether oxygens (including phenoxy) is 9. The molecular weight excluding hydrogens is 1040 g/mol. The molecule has 0 spiro atoms. The molecule has 0 aliphatic carbocycles. The van der Waals surface area contributed by atoms with E-state index >= 15 is 0 Å². The third kappa shape index (κ3) is 15.3. The number of amides is 3. The van der Waals surface area contributed by atoms with Crippen molar-refractivity contribution in [3.8, 4) is 34.5 Å². The molecule has 3 aliphatic heterocycles. The van der Waals surface area contributed by atoms with Crippen LogP contribution in [0.2, 0.25) is 19.1 Å². The van der Waals surface area contributed by atoms with Gasteiger partial charge in [-0.25, -0.2) is 0 Å². The number of methoxy groups -OCH3 is 5. The first kappa shape index (κ1) is 58.3. The van der Waals surface area contributed by atoms with Gasteiger partial charge in [0.1, 0.15) is 24.7 Å². The summed E-state index contributed by atoms with van der Waals surface area (Å²) in [6, 6.07) is 28.0. The fourth-order valence-electron chi connectivity index (χ4n) is 9.42. The minimum Gasteiger partial charge on any atom is -0.497 e. The predicted molar refractivity (Wildman–Crippen MR) is 310 cm³/mol. The fourth-order valence-corrected chi connectivity index (χ4v) is 10.5. The molecule has 0 aromatic heterocycles. The van der Waals surface area contributed by atoms with Crippen molar-refractivity contribution in [1.82, 2.24) is 10.2 Å². The SMILES string of the molecule is COCCOCCOCCN(C(=O)CCC[Si](C)(C)O)c1cc(COc2cc3c(cc2OC)C(=O)N/C=C(/c2ccc(OC)cc2)CCC=N3)cc(COc2cc3c(cc2OC)C(=O)N2C=C(c4ccc(OC)cc4)C[C@H]2C=N3)c1. The number of aliphatic imine (C=N–C) groups is 2. The minimum absolute atomic E-state index is 0.00673. The van der Waals surface area contributed by atoms with Crippen LogP contribution in [0.25, 0.3) is 11.1 Å². The third-order valence-corrected chi connectivity index (χ3v) is 15.3. The molecule has 19 heteroatoms. The molecule has 5 aromatic rings. The number of benzene rings is 5. The molecule has 422 valence electrons. The number of hydrogen-bond acceptors (Lipinski definition) is 15. The largest absolute Gasteiger partial charge is 0.497 e. The van der Waals surface area contributed by atoms with Crippen molar-refractivity contribution in [1.29, 1.82) is 0 Å². The van der Waals surface area contributed by atoms with Crippen LogP contribution in [0.4, 0.5) is 17.1 Å². The summed E-state index contributed by atoms with van der Waals surface area (Å²) in [5.74, 6) is 2.09. The van der Waals surface area contributed by atoms with Crippen molar-refractivity contribution < 1.29 is 61.8 Å². The summed E-state index contributed by atoms with van der Waals surface area (Å²) in [6.07, 6.45) is 9.71. The Hall–Kier alpha value is -7.81. The number of carbonyl (C=O) groups is 3. The molecular formula is C61H71N5O13Si. The molecule has 8 rings (SSSR count). The standard InChI is InChI=1S/C61H71N5O13Si/c1-71-23-24-77-26-25-76-22-21-65(59(67)11-9-27-80(6,7)70)47-29-41(39-78-57-34-53-51(32-55(57)74-4)60(68)64-36-45(10-8-20-62-53)43-12-16-49(72-2)17-13-43)28-42(30-47)40-79-58-35-54-52(33-56(58)75-5)61(69)66-38-46(31-48(66)37-63-54)44-14-18-50(73-3)19-15-44/h12-20,28-30,32-38,48,70H,8-11,21-27,31,39-40H2,1-7H3,(H,64,68)/b45-36+,62-20?/t48-/m0/s1. The monoisotopic (exact) mass is 1110 g/mol. The van der Waals surface area contributed by atoms with E-state index in [0.29, 0.717) is 120 Å². The van der Waals surface area contributed by atoms with Crippen LogP contribution in [0.1, 0.15) is 75.1 Å². The maximum atomic E-state index is 14.3. The van der Waals surface area contributed by atoms with E-state index in [-0.39, 0.29) is 56.5 Å². The summed E-state index contributed by atoms with van der Waals surface area (Å²) in [5.41, 5.74) is 7.31. The Morgan fingerprint density at radius 1 is 0.700 bits per heavy atom. The molecule has 3 amide bonds. The maximum Gasteiger partial charge on any atom is 0.260 e. The molecule has 0 saturated carbocycles. The van der Waals surface area contributed by atoms with Crippen molar-refractivity contribution in [3.63, 3.8) is 0 Å². The first-order valence-corrected chi connectivity index (χ1v) is 29.8. The second-order valence-electron chi connectivity index (χ2n) is 19.9. The molecule has 1 atom stereocenters. The lowest BCUT2D eigenvalue weighted by atomic mass is 10.0. The number of carbonyl (C=O) groups excluding carboxylic acids is 3. The summed E-state index contributed by atoms with van der Waals surface area (Å²) in [5, 5.41) is 2.95. The van der Waals surface area contributed by atoms with E-state index in [0.717, 1.165) is 33.8 Å². The van der Waals surface area contributed by atoms with Crippen molar-refractivity contribution in [2.45, 2.75) is 70.5 Å². The Balaban J connectivity index is 1.07. The molecule has 0 radical (unpaired) electrons. The smallest absolute Gasteiger partial charge is 0.260 e. The van der Waals surface area contributed by atoms with Gasteiger partial charge in [-0.2, -0.15) is 0 Å². The van der Waals surface area contributed by atoms with Crippen molar-refractivity contribution >= 4 is 66.7 Å². The Labute approximate surface area is 468 Å². The van der Waals surface area contributed by atoms with Gasteiger partial charge in [-0.15, -0.1) is 0 Å². The Morgan fingerprint density at radius 2 is 1.29 bits per heavy atom. The van der Waals surface area contributed by atoms with Gasteiger partial charge in [0.25, 0.3) is 11.8 Å². The van der Waals surface area contributed by atoms with Gasteiger partial charge in [-0.1, -0.05) is 24.3 Å². The number of fused-ring (bicyclic) bond motifs is 3. The van der Waals surface area contributed by atoms with E-state index in [1.54, 1.807) is 74.0 Å². The highest BCUT2D eigenvalue weighted by molar-refractivity contribution is 6.69. The molecule has 2 N–H and O–H groups in total. The van der Waals surface area contributed by atoms with E-state index in [2.05, 4.69) is 5.32 Å². The number of anilines is 1. The van der Waals surface area contributed by atoms with Crippen molar-refractivity contribution in [3.05, 3.63) is 137 Å². The number of allylic oxidation sites excluding steroid dienone is 1. The highest BCUT2D eigenvalue weighted by atomic mass is 28.4. The summed E-state index contributed by atoms with van der Waals surface area (Å²) < 4.78 is 52.1. The van der Waals surface area contributed by atoms with Crippen LogP contribution in [0.15, 0.2) is 113 Å². The molecule has 5 aromatic carbocycles. The van der Waals surface area contributed by atoms with Gasteiger partial charge in [0.15, 0.2) is 31.3 Å². The zero-order valence-electron chi connectivity index (χ0n) is 46.6. The van der Waals surface area contributed by atoms with Crippen LogP contribution >= 0.6 is 0 Å². The fraction of sp³-hybridized carbons (Fsp3) is 0.361. The molecule has 0 bridgehead atoms. The highest BCUT2D eigenvalue weighted by Crippen LogP contribution is 2.41. The average molecular weight is 1110 g/mol. The molecule has 0 saturated heterocycles. The first-order valence-electron chi connectivity index (χ1n) is 26.7. The van der Waals surface area contributed by atoms with Crippen LogP contribution < -0.4 is 38.6 Å². The van der Waals surface area contributed by atoms with Crippen LogP contribution in [0.5, 0.6) is 34.5 Å². The lowest BCUT2D eigenvalue weighted by molar-refractivity contribution is -0.118. The van der Waals surface area contributed by atoms with Gasteiger partial charge in [0.2, 0.25) is 5.91 Å². The molecule has 0 fully saturated rings. The third-order valence-electron chi connectivity index (χ3n) is 13.7. The van der Waals surface area contributed by atoms with Gasteiger partial charge in [0, 0.05) is 69.1 Å². The lowest BCUT2D eigenvalue weighted by Gasteiger charge is -2.25. The molecule has 0 unspecified atom stereocenters. The number of nitrogens with one attached hydrogen (secondary N) is 1. The molecule has 80 heavy (non-hydrogen) atoms. The van der Waals surface area contributed by atoms with E-state index in [9.17, 15) is 19.2 Å². The molecule has 18 nitrogen and oxygen atoms in total. The van der Waals surface area contributed by atoms with Gasteiger partial charge in [0.05, 0.1) is 90.0 Å². The van der Waals surface area contributed by atoms with Crippen molar-refractivity contribution in [2.24, 2.45) is 9.98 Å². The highest BCUT2D eigenvalue weighted by Gasteiger charge is 2.34. The van der Waals surface area contributed by atoms with Gasteiger partial charge >= 0.3 is 0 Å². The maximum absolute atomic E-state index is 14.3. The summed E-state index contributed by atoms with van der Waals surface area (Å²) >= 11 is 0. The predicted octanol–water partition coefficient (Wildman–Crippen LogP) is 10.1. The minimum atomic E-state index is -2.43. The van der Waals surface area contributed by atoms with E-state index in [1.807, 2.05) is 86.0 Å². The molecule has 3 aliphatic rings. The van der Waals surface area contributed by atoms with Crippen LogP contribution in [0.3, 0.4) is 0 Å². The Kier molecular flexibility index (Phi) is 20.3. The van der Waals surface area contributed by atoms with Crippen LogP contribution in [0, 0.1) is 0 Å². The molecule has 3 heterocycles. The number of rotatable bonds is 26. The average Bonchev–Trinajstić information content (AvgIpc) is 3.88. The normalized spacial score (nSPS) is 15.6. The second-order valence-corrected chi connectivity index (χ2v) is 24.0. The second kappa shape index (κ2) is 27.9. The van der Waals surface area contributed by atoms with E-state index in [4.69, 9.17) is 52.6 Å². The Morgan fingerprint density at radius 3 is 1.89 bits per heavy atom. The zero-order chi connectivity index (χ0) is 56.6. The van der Waals surface area contributed by atoms with Gasteiger partial charge in [-0.3, -0.25) is 24.4 Å². The number of hydrogen-bond donors (Lipinski definition) is 2. The first-order chi connectivity index (χ1) is 38.8. The van der Waals surface area contributed by atoms with E-state index < -0.39 is 8.32 Å². The van der Waals surface area contributed by atoms with Crippen LogP contribution in [-0.4, -0.2) is 129 Å². The lowest BCUT2D eigenvalue weighted by Crippen LogP contribution is -2.35.